The van der Waals surface area contributed by atoms with E-state index in [9.17, 15) is 9.59 Å². The lowest BCUT2D eigenvalue weighted by Gasteiger charge is -2.08. The number of amides is 1. The Morgan fingerprint density at radius 1 is 1.32 bits per heavy atom. The fraction of sp³-hybridized carbons (Fsp3) is 0.312. The summed E-state index contributed by atoms with van der Waals surface area (Å²) in [5.74, 6) is -1.52. The molecule has 0 bridgehead atoms. The molecule has 116 valence electrons. The van der Waals surface area contributed by atoms with Crippen molar-refractivity contribution < 1.29 is 14.7 Å². The first-order valence-corrected chi connectivity index (χ1v) is 7.00. The smallest absolute Gasteiger partial charge is 0.306 e. The van der Waals surface area contributed by atoms with Crippen molar-refractivity contribution in [2.75, 3.05) is 5.32 Å². The molecule has 2 rings (SSSR count). The molecule has 2 N–H and O–H groups in total. The highest BCUT2D eigenvalue weighted by Crippen LogP contribution is 2.14. The molecule has 6 nitrogen and oxygen atoms in total. The third kappa shape index (κ3) is 3.72. The van der Waals surface area contributed by atoms with Gasteiger partial charge >= 0.3 is 5.97 Å². The Bertz CT molecular complexity index is 670. The maximum absolute atomic E-state index is 12.1. The van der Waals surface area contributed by atoms with Crippen LogP contribution in [0.1, 0.15) is 28.7 Å². The Labute approximate surface area is 128 Å². The van der Waals surface area contributed by atoms with E-state index in [1.807, 2.05) is 19.1 Å². The molecule has 0 aliphatic rings. The van der Waals surface area contributed by atoms with Gasteiger partial charge in [0.2, 0.25) is 0 Å². The van der Waals surface area contributed by atoms with Crippen molar-refractivity contribution in [3.8, 4) is 0 Å². The van der Waals surface area contributed by atoms with Crippen LogP contribution in [-0.2, 0) is 18.3 Å². The third-order valence-corrected chi connectivity index (χ3v) is 3.52. The molecular weight excluding hydrogens is 282 g/mol. The second kappa shape index (κ2) is 6.43. The standard InChI is InChI=1S/C16H19N3O3/c1-10(16(21)22)8-12-4-6-13(7-5-12)17-15(20)14-9-11(2)19(3)18-14/h4-7,9-10H,8H2,1-3H3,(H,17,20)(H,21,22). The van der Waals surface area contributed by atoms with Crippen LogP contribution < -0.4 is 5.32 Å². The van der Waals surface area contributed by atoms with Crippen LogP contribution in [0, 0.1) is 12.8 Å². The number of carboxylic acid groups (broad SMARTS) is 1. The van der Waals surface area contributed by atoms with Gasteiger partial charge in [-0.25, -0.2) is 0 Å². The van der Waals surface area contributed by atoms with Gasteiger partial charge < -0.3 is 10.4 Å². The number of carboxylic acids is 1. The molecule has 1 heterocycles. The molecular formula is C16H19N3O3. The van der Waals surface area contributed by atoms with E-state index in [-0.39, 0.29) is 5.91 Å². The molecule has 0 aliphatic carbocycles. The number of carbonyl (C=O) groups is 2. The second-order valence-electron chi connectivity index (χ2n) is 5.39. The van der Waals surface area contributed by atoms with Crippen LogP contribution in [-0.4, -0.2) is 26.8 Å². The van der Waals surface area contributed by atoms with E-state index in [4.69, 9.17) is 5.11 Å². The normalized spacial score (nSPS) is 12.0. The molecule has 0 fully saturated rings. The number of nitrogens with zero attached hydrogens (tertiary/aromatic N) is 2. The molecule has 1 aromatic heterocycles. The summed E-state index contributed by atoms with van der Waals surface area (Å²) in [5, 5.41) is 15.8. The number of aryl methyl sites for hydroxylation is 2. The molecule has 1 unspecified atom stereocenters. The topological polar surface area (TPSA) is 84.2 Å². The van der Waals surface area contributed by atoms with Crippen molar-refractivity contribution in [1.29, 1.82) is 0 Å². The Morgan fingerprint density at radius 3 is 2.45 bits per heavy atom. The Balaban J connectivity index is 2.02. The molecule has 0 spiro atoms. The van der Waals surface area contributed by atoms with Crippen molar-refractivity contribution in [2.45, 2.75) is 20.3 Å². The van der Waals surface area contributed by atoms with Crippen LogP contribution >= 0.6 is 0 Å². The predicted molar refractivity (Wildman–Crippen MR) is 82.8 cm³/mol. The number of hydrogen-bond donors (Lipinski definition) is 2. The SMILES string of the molecule is Cc1cc(C(=O)Nc2ccc(CC(C)C(=O)O)cc2)nn1C. The number of rotatable bonds is 5. The van der Waals surface area contributed by atoms with Crippen molar-refractivity contribution in [3.05, 3.63) is 47.3 Å². The van der Waals surface area contributed by atoms with Crippen LogP contribution in [0.4, 0.5) is 5.69 Å². The summed E-state index contributed by atoms with van der Waals surface area (Å²) in [5.41, 5.74) is 2.84. The number of carbonyl (C=O) groups excluding carboxylic acids is 1. The maximum atomic E-state index is 12.1. The first-order valence-electron chi connectivity index (χ1n) is 7.00. The predicted octanol–water partition coefficient (Wildman–Crippen LogP) is 2.24. The number of benzene rings is 1. The van der Waals surface area contributed by atoms with Gasteiger partial charge in [-0.1, -0.05) is 19.1 Å². The van der Waals surface area contributed by atoms with Gasteiger partial charge in [-0.3, -0.25) is 14.3 Å². The Hall–Kier alpha value is -2.63. The van der Waals surface area contributed by atoms with E-state index in [0.717, 1.165) is 11.3 Å². The minimum Gasteiger partial charge on any atom is -0.481 e. The van der Waals surface area contributed by atoms with Crippen LogP contribution in [0.3, 0.4) is 0 Å². The summed E-state index contributed by atoms with van der Waals surface area (Å²) in [6, 6.07) is 8.88. The van der Waals surface area contributed by atoms with E-state index < -0.39 is 11.9 Å². The molecule has 6 heteroatoms. The highest BCUT2D eigenvalue weighted by molar-refractivity contribution is 6.02. The molecule has 0 saturated heterocycles. The van der Waals surface area contributed by atoms with Crippen LogP contribution in [0.25, 0.3) is 0 Å². The van der Waals surface area contributed by atoms with Crippen LogP contribution in [0.15, 0.2) is 30.3 Å². The minimum absolute atomic E-state index is 0.268. The largest absolute Gasteiger partial charge is 0.481 e. The number of nitrogens with one attached hydrogen (secondary N) is 1. The van der Waals surface area contributed by atoms with E-state index in [1.165, 1.54) is 0 Å². The first kappa shape index (κ1) is 15.8. The number of aromatic nitrogens is 2. The van der Waals surface area contributed by atoms with Gasteiger partial charge in [0.05, 0.1) is 5.92 Å². The minimum atomic E-state index is -0.817. The zero-order chi connectivity index (χ0) is 16.3. The summed E-state index contributed by atoms with van der Waals surface area (Å²) < 4.78 is 1.64. The lowest BCUT2D eigenvalue weighted by Crippen LogP contribution is -2.14. The highest BCUT2D eigenvalue weighted by Gasteiger charge is 2.13. The van der Waals surface area contributed by atoms with E-state index in [2.05, 4.69) is 10.4 Å². The summed E-state index contributed by atoms with van der Waals surface area (Å²) in [4.78, 5) is 22.9. The van der Waals surface area contributed by atoms with E-state index in [1.54, 1.807) is 36.9 Å². The highest BCUT2D eigenvalue weighted by atomic mass is 16.4. The number of aliphatic carboxylic acids is 1. The van der Waals surface area contributed by atoms with Crippen LogP contribution in [0.5, 0.6) is 0 Å². The summed E-state index contributed by atoms with van der Waals surface area (Å²) in [6.07, 6.45) is 0.461. The zero-order valence-electron chi connectivity index (χ0n) is 12.8. The molecule has 0 radical (unpaired) electrons. The molecule has 1 atom stereocenters. The average molecular weight is 301 g/mol. The lowest BCUT2D eigenvalue weighted by molar-refractivity contribution is -0.141. The van der Waals surface area contributed by atoms with Crippen molar-refractivity contribution in [1.82, 2.24) is 9.78 Å². The van der Waals surface area contributed by atoms with Gasteiger partial charge in [-0.15, -0.1) is 0 Å². The summed E-state index contributed by atoms with van der Waals surface area (Å²) >= 11 is 0. The van der Waals surface area contributed by atoms with Gasteiger partial charge in [0, 0.05) is 18.4 Å². The third-order valence-electron chi connectivity index (χ3n) is 3.52. The Kier molecular flexibility index (Phi) is 4.60. The molecule has 0 saturated carbocycles. The number of hydrogen-bond acceptors (Lipinski definition) is 3. The van der Waals surface area contributed by atoms with E-state index in [0.29, 0.717) is 17.8 Å². The quantitative estimate of drug-likeness (QED) is 0.887. The molecule has 2 aromatic rings. The van der Waals surface area contributed by atoms with Gasteiger partial charge in [-0.05, 0) is 37.1 Å². The van der Waals surface area contributed by atoms with Gasteiger partial charge in [0.1, 0.15) is 0 Å². The van der Waals surface area contributed by atoms with Gasteiger partial charge in [0.15, 0.2) is 5.69 Å². The summed E-state index contributed by atoms with van der Waals surface area (Å²) in [6.45, 7) is 3.55. The van der Waals surface area contributed by atoms with Crippen molar-refractivity contribution in [2.24, 2.45) is 13.0 Å². The van der Waals surface area contributed by atoms with Crippen LogP contribution in [0.2, 0.25) is 0 Å². The fourth-order valence-corrected chi connectivity index (χ4v) is 2.03. The molecule has 1 amide bonds. The molecule has 0 aliphatic heterocycles. The lowest BCUT2D eigenvalue weighted by atomic mass is 10.0. The first-order chi connectivity index (χ1) is 10.4. The molecule has 1 aromatic carbocycles. The monoisotopic (exact) mass is 301 g/mol. The van der Waals surface area contributed by atoms with Crippen molar-refractivity contribution in [3.63, 3.8) is 0 Å². The Morgan fingerprint density at radius 2 is 1.95 bits per heavy atom. The van der Waals surface area contributed by atoms with Crippen molar-refractivity contribution >= 4 is 17.6 Å². The average Bonchev–Trinajstić information content (AvgIpc) is 2.81. The van der Waals surface area contributed by atoms with Gasteiger partial charge in [0.25, 0.3) is 5.91 Å². The molecule has 22 heavy (non-hydrogen) atoms. The maximum Gasteiger partial charge on any atom is 0.306 e. The summed E-state index contributed by atoms with van der Waals surface area (Å²) in [7, 11) is 1.78. The van der Waals surface area contributed by atoms with E-state index >= 15 is 0 Å². The second-order valence-corrected chi connectivity index (χ2v) is 5.39. The fourth-order valence-electron chi connectivity index (χ4n) is 2.03. The zero-order valence-corrected chi connectivity index (χ0v) is 12.8. The number of anilines is 1. The van der Waals surface area contributed by atoms with Gasteiger partial charge in [-0.2, -0.15) is 5.10 Å².